The Bertz CT molecular complexity index is 1090. The monoisotopic (exact) mass is 417 g/mol. The number of amides is 1. The number of aryl methyl sites for hydroxylation is 1. The molecule has 0 unspecified atom stereocenters. The van der Waals surface area contributed by atoms with E-state index >= 15 is 0 Å². The van der Waals surface area contributed by atoms with Crippen molar-refractivity contribution in [3.63, 3.8) is 0 Å². The maximum atomic E-state index is 12.8. The van der Waals surface area contributed by atoms with Crippen LogP contribution in [0.5, 0.6) is 0 Å². The van der Waals surface area contributed by atoms with E-state index in [9.17, 15) is 18.0 Å². The van der Waals surface area contributed by atoms with Gasteiger partial charge in [-0.2, -0.15) is 18.2 Å². The number of pyridine rings is 2. The Morgan fingerprint density at radius 1 is 1.23 bits per heavy atom. The summed E-state index contributed by atoms with van der Waals surface area (Å²) < 4.78 is 43.5. The fourth-order valence-electron chi connectivity index (χ4n) is 3.01. The zero-order valence-electron chi connectivity index (χ0n) is 16.2. The Balaban J connectivity index is 1.47. The molecule has 0 aliphatic heterocycles. The van der Waals surface area contributed by atoms with Gasteiger partial charge in [0.15, 0.2) is 0 Å². The summed E-state index contributed by atoms with van der Waals surface area (Å²) in [5.41, 5.74) is 0.727. The second-order valence-corrected chi connectivity index (χ2v) is 7.22. The molecule has 1 atom stereocenters. The molecule has 4 rings (SSSR count). The number of carbonyl (C=O) groups excluding carboxylic acids is 1. The van der Waals surface area contributed by atoms with Crippen molar-refractivity contribution >= 4 is 5.91 Å². The van der Waals surface area contributed by atoms with Gasteiger partial charge in [0.05, 0.1) is 11.3 Å². The lowest BCUT2D eigenvalue weighted by molar-refractivity contribution is -0.141. The Morgan fingerprint density at radius 2 is 2.00 bits per heavy atom. The molecule has 1 aliphatic rings. The fraction of sp³-hybridized carbons (Fsp3) is 0.350. The van der Waals surface area contributed by atoms with Crippen molar-refractivity contribution < 1.29 is 22.5 Å². The van der Waals surface area contributed by atoms with E-state index in [1.807, 2.05) is 6.07 Å². The number of rotatable bonds is 5. The van der Waals surface area contributed by atoms with Gasteiger partial charge in [-0.1, -0.05) is 5.16 Å². The van der Waals surface area contributed by atoms with Crippen molar-refractivity contribution in [2.75, 3.05) is 0 Å². The summed E-state index contributed by atoms with van der Waals surface area (Å²) in [5, 5.41) is 6.61. The second kappa shape index (κ2) is 7.51. The maximum Gasteiger partial charge on any atom is 0.433 e. The molecule has 1 N–H and O–H groups in total. The fourth-order valence-corrected chi connectivity index (χ4v) is 3.01. The smallest absolute Gasteiger partial charge is 0.340 e. The lowest BCUT2D eigenvalue weighted by Gasteiger charge is -2.12. The zero-order chi connectivity index (χ0) is 21.5. The Kier molecular flexibility index (Phi) is 5.00. The van der Waals surface area contributed by atoms with Gasteiger partial charge in [0, 0.05) is 23.4 Å². The van der Waals surface area contributed by atoms with E-state index < -0.39 is 23.8 Å². The molecular weight excluding hydrogens is 399 g/mol. The van der Waals surface area contributed by atoms with Crippen molar-refractivity contribution in [3.8, 4) is 11.4 Å². The van der Waals surface area contributed by atoms with Crippen molar-refractivity contribution in [1.29, 1.82) is 0 Å². The van der Waals surface area contributed by atoms with Gasteiger partial charge in [-0.05, 0) is 51.0 Å². The van der Waals surface area contributed by atoms with Crippen LogP contribution >= 0.6 is 0 Å². The minimum Gasteiger partial charge on any atom is -0.340 e. The highest BCUT2D eigenvalue weighted by molar-refractivity contribution is 5.95. The van der Waals surface area contributed by atoms with Gasteiger partial charge in [-0.15, -0.1) is 0 Å². The van der Waals surface area contributed by atoms with Gasteiger partial charge < -0.3 is 9.84 Å². The van der Waals surface area contributed by atoms with Crippen molar-refractivity contribution in [1.82, 2.24) is 25.4 Å². The Hall–Kier alpha value is -3.30. The highest BCUT2D eigenvalue weighted by atomic mass is 19.4. The first-order chi connectivity index (χ1) is 14.2. The van der Waals surface area contributed by atoms with E-state index in [4.69, 9.17) is 4.52 Å². The molecule has 3 heterocycles. The summed E-state index contributed by atoms with van der Waals surface area (Å²) in [4.78, 5) is 24.6. The van der Waals surface area contributed by atoms with E-state index in [-0.39, 0.29) is 17.1 Å². The molecule has 30 heavy (non-hydrogen) atoms. The van der Waals surface area contributed by atoms with Gasteiger partial charge in [-0.3, -0.25) is 9.78 Å². The van der Waals surface area contributed by atoms with E-state index in [1.165, 1.54) is 6.92 Å². The van der Waals surface area contributed by atoms with Crippen LogP contribution in [-0.2, 0) is 6.18 Å². The highest BCUT2D eigenvalue weighted by Crippen LogP contribution is 2.39. The summed E-state index contributed by atoms with van der Waals surface area (Å²) in [6.07, 6.45) is -0.630. The Morgan fingerprint density at radius 3 is 2.67 bits per heavy atom. The predicted octanol–water partition coefficient (Wildman–Crippen LogP) is 4.22. The van der Waals surface area contributed by atoms with Gasteiger partial charge in [0.2, 0.25) is 11.7 Å². The van der Waals surface area contributed by atoms with Crippen LogP contribution in [0.3, 0.4) is 0 Å². The summed E-state index contributed by atoms with van der Waals surface area (Å²) >= 11 is 0. The molecule has 0 radical (unpaired) electrons. The number of aromatic nitrogens is 4. The molecule has 0 bridgehead atoms. The number of nitrogens with zero attached hydrogens (tertiary/aromatic N) is 4. The number of nitrogens with one attached hydrogen (secondary N) is 1. The van der Waals surface area contributed by atoms with Gasteiger partial charge in [0.1, 0.15) is 11.7 Å². The quantitative estimate of drug-likeness (QED) is 0.668. The third-order valence-electron chi connectivity index (χ3n) is 4.82. The lowest BCUT2D eigenvalue weighted by Crippen LogP contribution is -2.28. The van der Waals surface area contributed by atoms with Gasteiger partial charge in [0.25, 0.3) is 5.91 Å². The van der Waals surface area contributed by atoms with E-state index in [2.05, 4.69) is 25.4 Å². The minimum absolute atomic E-state index is 0.0230. The second-order valence-electron chi connectivity index (χ2n) is 7.22. The lowest BCUT2D eigenvalue weighted by atomic mass is 10.1. The van der Waals surface area contributed by atoms with Crippen LogP contribution in [0.1, 0.15) is 65.1 Å². The third kappa shape index (κ3) is 4.17. The normalized spacial score (nSPS) is 15.1. The molecule has 10 heteroatoms. The largest absolute Gasteiger partial charge is 0.433 e. The summed E-state index contributed by atoms with van der Waals surface area (Å²) in [5.74, 6) is 0.458. The Labute approximate surface area is 169 Å². The summed E-state index contributed by atoms with van der Waals surface area (Å²) in [7, 11) is 0. The van der Waals surface area contributed by atoms with Crippen molar-refractivity contribution in [2.45, 2.75) is 44.8 Å². The molecule has 1 fully saturated rings. The van der Waals surface area contributed by atoms with Crippen molar-refractivity contribution in [3.05, 3.63) is 59.0 Å². The zero-order valence-corrected chi connectivity index (χ0v) is 16.2. The molecule has 156 valence electrons. The number of hydrogen-bond acceptors (Lipinski definition) is 6. The highest BCUT2D eigenvalue weighted by Gasteiger charge is 2.33. The van der Waals surface area contributed by atoms with Crippen LogP contribution in [0.25, 0.3) is 11.4 Å². The van der Waals surface area contributed by atoms with Crippen LogP contribution in [-0.4, -0.2) is 26.0 Å². The van der Waals surface area contributed by atoms with Crippen LogP contribution in [0.4, 0.5) is 13.2 Å². The van der Waals surface area contributed by atoms with E-state index in [0.717, 1.165) is 36.2 Å². The molecule has 1 saturated carbocycles. The van der Waals surface area contributed by atoms with E-state index in [1.54, 1.807) is 19.2 Å². The molecule has 3 aromatic rings. The van der Waals surface area contributed by atoms with Crippen LogP contribution in [0.2, 0.25) is 0 Å². The predicted molar refractivity (Wildman–Crippen MR) is 99.4 cm³/mol. The summed E-state index contributed by atoms with van der Waals surface area (Å²) in [6.45, 7) is 2.99. The molecule has 0 saturated heterocycles. The summed E-state index contributed by atoms with van der Waals surface area (Å²) in [6, 6.07) is 4.93. The maximum absolute atomic E-state index is 12.8. The van der Waals surface area contributed by atoms with E-state index in [0.29, 0.717) is 11.7 Å². The van der Waals surface area contributed by atoms with Gasteiger partial charge >= 0.3 is 6.18 Å². The first kappa shape index (κ1) is 20.0. The van der Waals surface area contributed by atoms with Crippen LogP contribution < -0.4 is 5.32 Å². The molecule has 7 nitrogen and oxygen atoms in total. The molecule has 1 amide bonds. The first-order valence-corrected chi connectivity index (χ1v) is 9.38. The molecule has 3 aromatic heterocycles. The first-order valence-electron chi connectivity index (χ1n) is 9.38. The van der Waals surface area contributed by atoms with Gasteiger partial charge in [-0.25, -0.2) is 4.98 Å². The van der Waals surface area contributed by atoms with Crippen LogP contribution in [0.15, 0.2) is 35.0 Å². The standard InChI is InChI=1S/C20H18F3N5O2/c1-10-14(5-6-16(25-10)20(21,22)23)18(29)26-11(2)19-27-17(28-30-19)13-7-8-24-15(9-13)12-3-4-12/h5-9,11-12H,3-4H2,1-2H3,(H,26,29)/t11-/m0/s1. The molecule has 1 aliphatic carbocycles. The number of halogens is 3. The molecule has 0 aromatic carbocycles. The SMILES string of the molecule is Cc1nc(C(F)(F)F)ccc1C(=O)N[C@@H](C)c1nc(-c2ccnc(C3CC3)c2)no1. The van der Waals surface area contributed by atoms with Crippen molar-refractivity contribution in [2.24, 2.45) is 0 Å². The molecular formula is C20H18F3N5O2. The third-order valence-corrected chi connectivity index (χ3v) is 4.82. The molecule has 0 spiro atoms. The number of carbonyl (C=O) groups is 1. The topological polar surface area (TPSA) is 93.8 Å². The minimum atomic E-state index is -4.57. The number of alkyl halides is 3. The average Bonchev–Trinajstić information content (AvgIpc) is 3.43. The van der Waals surface area contributed by atoms with Crippen LogP contribution in [0, 0.1) is 6.92 Å². The number of hydrogen-bond donors (Lipinski definition) is 1. The average molecular weight is 417 g/mol.